The lowest BCUT2D eigenvalue weighted by Crippen LogP contribution is -2.42. The summed E-state index contributed by atoms with van der Waals surface area (Å²) in [6, 6.07) is 2.30. The van der Waals surface area contributed by atoms with Crippen LogP contribution in [0.2, 0.25) is 0 Å². The van der Waals surface area contributed by atoms with Crippen molar-refractivity contribution in [2.24, 2.45) is 0 Å². The average molecular weight is 287 g/mol. The second-order valence-electron chi connectivity index (χ2n) is 5.47. The van der Waals surface area contributed by atoms with Gasteiger partial charge in [-0.2, -0.15) is 0 Å². The fourth-order valence-corrected chi connectivity index (χ4v) is 1.60. The molecule has 0 aliphatic rings. The minimum absolute atomic E-state index is 0.0284. The zero-order chi connectivity index (χ0) is 15.3. The lowest BCUT2D eigenvalue weighted by molar-refractivity contribution is 0.0482. The number of aliphatic hydroxyl groups excluding tert-OH is 1. The first-order chi connectivity index (χ1) is 9.21. The van der Waals surface area contributed by atoms with Crippen LogP contribution in [0.25, 0.3) is 0 Å². The van der Waals surface area contributed by atoms with Crippen LogP contribution in [0.1, 0.15) is 26.3 Å². The first-order valence-corrected chi connectivity index (χ1v) is 6.25. The highest BCUT2D eigenvalue weighted by molar-refractivity contribution is 5.68. The number of halogens is 2. The van der Waals surface area contributed by atoms with Gasteiger partial charge in [0.1, 0.15) is 17.2 Å². The molecule has 0 saturated heterocycles. The second kappa shape index (κ2) is 6.65. The van der Waals surface area contributed by atoms with E-state index in [0.717, 1.165) is 18.2 Å². The molecule has 1 aromatic carbocycles. The number of aliphatic hydroxyl groups is 1. The molecule has 0 fully saturated rings. The highest BCUT2D eigenvalue weighted by Crippen LogP contribution is 2.13. The van der Waals surface area contributed by atoms with Gasteiger partial charge in [0.05, 0.1) is 12.6 Å². The molecule has 20 heavy (non-hydrogen) atoms. The maximum atomic E-state index is 13.5. The van der Waals surface area contributed by atoms with E-state index in [9.17, 15) is 18.7 Å². The van der Waals surface area contributed by atoms with Crippen molar-refractivity contribution in [3.05, 3.63) is 35.4 Å². The van der Waals surface area contributed by atoms with Crippen molar-refractivity contribution in [3.8, 4) is 0 Å². The van der Waals surface area contributed by atoms with E-state index in [1.807, 2.05) is 0 Å². The molecule has 4 nitrogen and oxygen atoms in total. The highest BCUT2D eigenvalue weighted by atomic mass is 19.1. The quantitative estimate of drug-likeness (QED) is 0.894. The van der Waals surface area contributed by atoms with Crippen molar-refractivity contribution < 1.29 is 23.4 Å². The maximum absolute atomic E-state index is 13.5. The van der Waals surface area contributed by atoms with Gasteiger partial charge in [-0.3, -0.25) is 0 Å². The fraction of sp³-hybridized carbons (Fsp3) is 0.500. The lowest BCUT2D eigenvalue weighted by Gasteiger charge is -2.22. The number of carbonyl (C=O) groups is 1. The molecule has 0 heterocycles. The van der Waals surface area contributed by atoms with Crippen LogP contribution in [0.5, 0.6) is 0 Å². The smallest absolute Gasteiger partial charge is 0.407 e. The van der Waals surface area contributed by atoms with Crippen LogP contribution in [0.15, 0.2) is 18.2 Å². The summed E-state index contributed by atoms with van der Waals surface area (Å²) in [5.41, 5.74) is -0.589. The van der Waals surface area contributed by atoms with Gasteiger partial charge in [0.25, 0.3) is 0 Å². The summed E-state index contributed by atoms with van der Waals surface area (Å²) in [5.74, 6) is -1.16. The van der Waals surface area contributed by atoms with Gasteiger partial charge in [-0.05, 0) is 51.0 Å². The number of rotatable bonds is 4. The number of carbonyl (C=O) groups excluding carboxylic acids is 1. The summed E-state index contributed by atoms with van der Waals surface area (Å²) < 4.78 is 31.6. The van der Waals surface area contributed by atoms with E-state index in [1.54, 1.807) is 20.8 Å². The SMILES string of the molecule is CC(C)(C)OC(=O)NC(CO)Cc1cc(F)ccc1F. The van der Waals surface area contributed by atoms with E-state index < -0.39 is 36.0 Å². The van der Waals surface area contributed by atoms with Crippen LogP contribution >= 0.6 is 0 Å². The predicted octanol–water partition coefficient (Wildman–Crippen LogP) is 2.39. The van der Waals surface area contributed by atoms with Crippen LogP contribution in [-0.2, 0) is 11.2 Å². The summed E-state index contributed by atoms with van der Waals surface area (Å²) in [7, 11) is 0. The lowest BCUT2D eigenvalue weighted by atomic mass is 10.1. The Morgan fingerprint density at radius 2 is 2.05 bits per heavy atom. The molecule has 1 unspecified atom stereocenters. The summed E-state index contributed by atoms with van der Waals surface area (Å²) in [5, 5.41) is 11.6. The van der Waals surface area contributed by atoms with Crippen LogP contribution < -0.4 is 5.32 Å². The molecular weight excluding hydrogens is 268 g/mol. The number of nitrogens with one attached hydrogen (secondary N) is 1. The molecule has 1 aromatic rings. The summed E-state index contributed by atoms with van der Waals surface area (Å²) in [6.45, 7) is 4.70. The normalized spacial score (nSPS) is 12.9. The number of alkyl carbamates (subject to hydrolysis) is 1. The molecule has 0 aliphatic heterocycles. The van der Waals surface area contributed by atoms with Crippen molar-refractivity contribution in [1.29, 1.82) is 0 Å². The zero-order valence-electron chi connectivity index (χ0n) is 11.7. The van der Waals surface area contributed by atoms with Crippen molar-refractivity contribution in [2.75, 3.05) is 6.61 Å². The Balaban J connectivity index is 2.68. The van der Waals surface area contributed by atoms with E-state index in [-0.39, 0.29) is 12.0 Å². The predicted molar refractivity (Wildman–Crippen MR) is 70.3 cm³/mol. The molecule has 1 rings (SSSR count). The van der Waals surface area contributed by atoms with E-state index >= 15 is 0 Å². The Morgan fingerprint density at radius 1 is 1.40 bits per heavy atom. The molecule has 0 aromatic heterocycles. The largest absolute Gasteiger partial charge is 0.444 e. The number of hydrogen-bond acceptors (Lipinski definition) is 3. The van der Waals surface area contributed by atoms with Gasteiger partial charge in [0, 0.05) is 0 Å². The van der Waals surface area contributed by atoms with Crippen LogP contribution in [0.4, 0.5) is 13.6 Å². The Morgan fingerprint density at radius 3 is 2.60 bits per heavy atom. The summed E-state index contributed by atoms with van der Waals surface area (Å²) >= 11 is 0. The first-order valence-electron chi connectivity index (χ1n) is 6.25. The molecule has 1 amide bonds. The third kappa shape index (κ3) is 5.52. The highest BCUT2D eigenvalue weighted by Gasteiger charge is 2.20. The summed E-state index contributed by atoms with van der Waals surface area (Å²) in [4.78, 5) is 11.6. The average Bonchev–Trinajstić information content (AvgIpc) is 2.30. The Hall–Kier alpha value is -1.69. The molecular formula is C14H19F2NO3. The summed E-state index contributed by atoms with van der Waals surface area (Å²) in [6.07, 6.45) is -0.743. The van der Waals surface area contributed by atoms with Gasteiger partial charge < -0.3 is 15.2 Å². The van der Waals surface area contributed by atoms with E-state index in [1.165, 1.54) is 0 Å². The third-order valence-electron chi connectivity index (χ3n) is 2.42. The monoisotopic (exact) mass is 287 g/mol. The van der Waals surface area contributed by atoms with Gasteiger partial charge >= 0.3 is 6.09 Å². The molecule has 0 bridgehead atoms. The molecule has 0 aliphatic carbocycles. The van der Waals surface area contributed by atoms with Crippen molar-refractivity contribution in [2.45, 2.75) is 38.8 Å². The first kappa shape index (κ1) is 16.4. The van der Waals surface area contributed by atoms with E-state index in [0.29, 0.717) is 0 Å². The van der Waals surface area contributed by atoms with Crippen LogP contribution in [-0.4, -0.2) is 29.4 Å². The molecule has 0 saturated carbocycles. The molecule has 112 valence electrons. The Labute approximate surface area is 116 Å². The van der Waals surface area contributed by atoms with Crippen LogP contribution in [0, 0.1) is 11.6 Å². The standard InChI is InChI=1S/C14H19F2NO3/c1-14(2,3)20-13(19)17-11(8-18)7-9-6-10(15)4-5-12(9)16/h4-6,11,18H,7-8H2,1-3H3,(H,17,19). The number of ether oxygens (including phenoxy) is 1. The van der Waals surface area contributed by atoms with Crippen LogP contribution in [0.3, 0.4) is 0 Å². The number of benzene rings is 1. The van der Waals surface area contributed by atoms with E-state index in [4.69, 9.17) is 4.74 Å². The Bertz CT molecular complexity index is 472. The van der Waals surface area contributed by atoms with Crippen molar-refractivity contribution >= 4 is 6.09 Å². The molecule has 0 radical (unpaired) electrons. The number of amides is 1. The van der Waals surface area contributed by atoms with Gasteiger partial charge in [0.2, 0.25) is 0 Å². The second-order valence-corrected chi connectivity index (χ2v) is 5.47. The fourth-order valence-electron chi connectivity index (χ4n) is 1.60. The maximum Gasteiger partial charge on any atom is 0.407 e. The minimum Gasteiger partial charge on any atom is -0.444 e. The third-order valence-corrected chi connectivity index (χ3v) is 2.42. The van der Waals surface area contributed by atoms with Gasteiger partial charge in [-0.1, -0.05) is 0 Å². The van der Waals surface area contributed by atoms with Crippen molar-refractivity contribution in [1.82, 2.24) is 5.32 Å². The van der Waals surface area contributed by atoms with E-state index in [2.05, 4.69) is 5.32 Å². The van der Waals surface area contributed by atoms with Gasteiger partial charge in [-0.15, -0.1) is 0 Å². The topological polar surface area (TPSA) is 58.6 Å². The molecule has 6 heteroatoms. The molecule has 0 spiro atoms. The number of hydrogen-bond donors (Lipinski definition) is 2. The molecule has 1 atom stereocenters. The zero-order valence-corrected chi connectivity index (χ0v) is 11.7. The minimum atomic E-state index is -0.749. The van der Waals surface area contributed by atoms with Gasteiger partial charge in [-0.25, -0.2) is 13.6 Å². The van der Waals surface area contributed by atoms with Crippen molar-refractivity contribution in [3.63, 3.8) is 0 Å². The Kier molecular flexibility index (Phi) is 5.44. The van der Waals surface area contributed by atoms with Gasteiger partial charge in [0.15, 0.2) is 0 Å². The molecule has 2 N–H and O–H groups in total.